The van der Waals surface area contributed by atoms with Gasteiger partial charge in [-0.1, -0.05) is 11.8 Å². The molecule has 0 fully saturated rings. The van der Waals surface area contributed by atoms with Gasteiger partial charge in [0.25, 0.3) is 0 Å². The second kappa shape index (κ2) is 4.54. The van der Waals surface area contributed by atoms with E-state index in [2.05, 4.69) is 15.0 Å². The molecular weight excluding hydrogens is 244 g/mol. The molecule has 84 valence electrons. The Bertz CT molecular complexity index is 477. The number of nitrogens with zero attached hydrogens (tertiary/aromatic N) is 3. The van der Waals surface area contributed by atoms with Gasteiger partial charge in [0.05, 0.1) is 5.69 Å². The highest BCUT2D eigenvalue weighted by Crippen LogP contribution is 2.22. The fourth-order valence-corrected chi connectivity index (χ4v) is 2.49. The van der Waals surface area contributed by atoms with Gasteiger partial charge in [0, 0.05) is 17.2 Å². The molecule has 0 unspecified atom stereocenters. The maximum Gasteiger partial charge on any atom is 0.191 e. The summed E-state index contributed by atoms with van der Waals surface area (Å²) < 4.78 is 0. The van der Waals surface area contributed by atoms with Gasteiger partial charge in [0.2, 0.25) is 0 Å². The van der Waals surface area contributed by atoms with Crippen LogP contribution in [0.25, 0.3) is 0 Å². The van der Waals surface area contributed by atoms with Crippen LogP contribution in [0.1, 0.15) is 5.69 Å². The molecule has 2 heterocycles. The summed E-state index contributed by atoms with van der Waals surface area (Å²) in [6, 6.07) is 1.52. The van der Waals surface area contributed by atoms with E-state index >= 15 is 0 Å². The number of aromatic nitrogens is 3. The van der Waals surface area contributed by atoms with Gasteiger partial charge in [0.1, 0.15) is 11.6 Å². The minimum atomic E-state index is 0.368. The van der Waals surface area contributed by atoms with Crippen LogP contribution < -0.4 is 17.2 Å². The lowest BCUT2D eigenvalue weighted by molar-refractivity contribution is 0.982. The minimum Gasteiger partial charge on any atom is -0.383 e. The summed E-state index contributed by atoms with van der Waals surface area (Å²) in [5.41, 5.74) is 17.5. The van der Waals surface area contributed by atoms with E-state index in [1.165, 1.54) is 29.2 Å². The predicted octanol–water partition coefficient (Wildman–Crippen LogP) is 0.972. The topological polar surface area (TPSA) is 117 Å². The van der Waals surface area contributed by atoms with Crippen molar-refractivity contribution in [3.8, 4) is 0 Å². The van der Waals surface area contributed by atoms with E-state index in [4.69, 9.17) is 17.2 Å². The average molecular weight is 254 g/mol. The van der Waals surface area contributed by atoms with E-state index in [0.717, 1.165) is 5.69 Å². The number of rotatable bonds is 3. The number of thioether (sulfide) groups is 1. The molecule has 0 radical (unpaired) electrons. The standard InChI is InChI=1S/C8H10N6S2/c9-5-1-6(10)14-8(13-5)16-3-4-2-15-7(11)12-4/h1-2H,3H2,(H2,11,12)(H4,9,10,13,14). The van der Waals surface area contributed by atoms with Crippen LogP contribution >= 0.6 is 23.1 Å². The molecule has 8 heteroatoms. The van der Waals surface area contributed by atoms with E-state index in [9.17, 15) is 0 Å². The molecular formula is C8H10N6S2. The first kappa shape index (κ1) is 11.0. The quantitative estimate of drug-likeness (QED) is 0.552. The van der Waals surface area contributed by atoms with Crippen molar-refractivity contribution in [1.29, 1.82) is 0 Å². The molecule has 0 aliphatic carbocycles. The van der Waals surface area contributed by atoms with Crippen molar-refractivity contribution in [1.82, 2.24) is 15.0 Å². The molecule has 0 aliphatic heterocycles. The summed E-state index contributed by atoms with van der Waals surface area (Å²) in [6.45, 7) is 0. The minimum absolute atomic E-state index is 0.368. The molecule has 0 aromatic carbocycles. The molecule has 0 bridgehead atoms. The summed E-state index contributed by atoms with van der Waals surface area (Å²) >= 11 is 2.83. The second-order valence-electron chi connectivity index (χ2n) is 2.97. The monoisotopic (exact) mass is 254 g/mol. The van der Waals surface area contributed by atoms with Crippen LogP contribution in [0.2, 0.25) is 0 Å². The lowest BCUT2D eigenvalue weighted by atomic mass is 10.5. The molecule has 2 rings (SSSR count). The molecule has 6 N–H and O–H groups in total. The van der Waals surface area contributed by atoms with Gasteiger partial charge in [0.15, 0.2) is 10.3 Å². The molecule has 0 saturated heterocycles. The van der Waals surface area contributed by atoms with E-state index in [1.54, 1.807) is 0 Å². The number of nitrogens with two attached hydrogens (primary N) is 3. The molecule has 16 heavy (non-hydrogen) atoms. The maximum atomic E-state index is 5.55. The number of thiazole rings is 1. The number of anilines is 3. The summed E-state index contributed by atoms with van der Waals surface area (Å²) in [7, 11) is 0. The highest BCUT2D eigenvalue weighted by molar-refractivity contribution is 7.98. The second-order valence-corrected chi connectivity index (χ2v) is 4.80. The van der Waals surface area contributed by atoms with E-state index in [-0.39, 0.29) is 0 Å². The Kier molecular flexibility index (Phi) is 3.11. The van der Waals surface area contributed by atoms with Crippen LogP contribution in [0.3, 0.4) is 0 Å². The molecule has 0 atom stereocenters. The van der Waals surface area contributed by atoms with Crippen molar-refractivity contribution in [3.05, 3.63) is 17.1 Å². The van der Waals surface area contributed by atoms with Gasteiger partial charge in [-0.05, 0) is 0 Å². The Balaban J connectivity index is 2.04. The highest BCUT2D eigenvalue weighted by atomic mass is 32.2. The van der Waals surface area contributed by atoms with Crippen molar-refractivity contribution >= 4 is 39.9 Å². The summed E-state index contributed by atoms with van der Waals surface area (Å²) in [4.78, 5) is 12.2. The smallest absolute Gasteiger partial charge is 0.191 e. The van der Waals surface area contributed by atoms with Gasteiger partial charge >= 0.3 is 0 Å². The third-order valence-corrected chi connectivity index (χ3v) is 3.27. The van der Waals surface area contributed by atoms with Crippen molar-refractivity contribution in [2.24, 2.45) is 0 Å². The molecule has 0 aliphatic rings. The summed E-state index contributed by atoms with van der Waals surface area (Å²) in [5, 5.41) is 3.01. The van der Waals surface area contributed by atoms with Crippen LogP contribution in [-0.4, -0.2) is 15.0 Å². The van der Waals surface area contributed by atoms with Crippen LogP contribution in [0.15, 0.2) is 16.6 Å². The normalized spacial score (nSPS) is 10.5. The Morgan fingerprint density at radius 2 is 1.81 bits per heavy atom. The average Bonchev–Trinajstić information content (AvgIpc) is 2.60. The lowest BCUT2D eigenvalue weighted by Crippen LogP contribution is -1.99. The number of hydrogen-bond acceptors (Lipinski definition) is 8. The molecule has 6 nitrogen and oxygen atoms in total. The predicted molar refractivity (Wildman–Crippen MR) is 66.9 cm³/mol. The first-order chi connectivity index (χ1) is 7.63. The Morgan fingerprint density at radius 3 is 2.38 bits per heavy atom. The number of hydrogen-bond donors (Lipinski definition) is 3. The zero-order valence-corrected chi connectivity index (χ0v) is 9.88. The first-order valence-corrected chi connectivity index (χ1v) is 6.23. The van der Waals surface area contributed by atoms with Crippen molar-refractivity contribution in [3.63, 3.8) is 0 Å². The maximum absolute atomic E-state index is 5.55. The van der Waals surface area contributed by atoms with Crippen molar-refractivity contribution in [2.75, 3.05) is 17.2 Å². The zero-order valence-electron chi connectivity index (χ0n) is 8.25. The Hall–Kier alpha value is -1.54. The summed E-state index contributed by atoms with van der Waals surface area (Å²) in [6.07, 6.45) is 0. The fourth-order valence-electron chi connectivity index (χ4n) is 1.05. The zero-order chi connectivity index (χ0) is 11.5. The molecule has 0 saturated carbocycles. The highest BCUT2D eigenvalue weighted by Gasteiger charge is 2.04. The Labute approximate surface area is 100 Å². The summed E-state index contributed by atoms with van der Waals surface area (Å²) in [5.74, 6) is 1.39. The molecule has 0 amide bonds. The van der Waals surface area contributed by atoms with Gasteiger partial charge in [-0.2, -0.15) is 0 Å². The van der Waals surface area contributed by atoms with E-state index in [1.807, 2.05) is 5.38 Å². The third kappa shape index (κ3) is 2.74. The van der Waals surface area contributed by atoms with E-state index in [0.29, 0.717) is 27.7 Å². The molecule has 0 spiro atoms. The number of nitrogen functional groups attached to an aromatic ring is 3. The third-order valence-electron chi connectivity index (χ3n) is 1.66. The first-order valence-electron chi connectivity index (χ1n) is 4.36. The Morgan fingerprint density at radius 1 is 1.12 bits per heavy atom. The van der Waals surface area contributed by atoms with Crippen molar-refractivity contribution < 1.29 is 0 Å². The van der Waals surface area contributed by atoms with Gasteiger partial charge in [-0.25, -0.2) is 15.0 Å². The van der Waals surface area contributed by atoms with Gasteiger partial charge < -0.3 is 17.2 Å². The lowest BCUT2D eigenvalue weighted by Gasteiger charge is -2.00. The van der Waals surface area contributed by atoms with Gasteiger partial charge in [-0.15, -0.1) is 11.3 Å². The van der Waals surface area contributed by atoms with Crippen molar-refractivity contribution in [2.45, 2.75) is 10.9 Å². The van der Waals surface area contributed by atoms with Crippen LogP contribution in [0, 0.1) is 0 Å². The largest absolute Gasteiger partial charge is 0.383 e. The van der Waals surface area contributed by atoms with Crippen LogP contribution in [0.4, 0.5) is 16.8 Å². The molecule has 2 aromatic rings. The molecule has 2 aromatic heterocycles. The van der Waals surface area contributed by atoms with Gasteiger partial charge in [-0.3, -0.25) is 0 Å². The van der Waals surface area contributed by atoms with E-state index < -0.39 is 0 Å². The van der Waals surface area contributed by atoms with Crippen LogP contribution in [0.5, 0.6) is 0 Å². The SMILES string of the molecule is Nc1cc(N)nc(SCc2csc(N)n2)n1. The fraction of sp³-hybridized carbons (Fsp3) is 0.125. The van der Waals surface area contributed by atoms with Crippen LogP contribution in [-0.2, 0) is 5.75 Å².